The van der Waals surface area contributed by atoms with Gasteiger partial charge in [-0.2, -0.15) is 0 Å². The van der Waals surface area contributed by atoms with Gasteiger partial charge < -0.3 is 5.32 Å². The maximum atomic E-state index is 11.9. The second-order valence-electron chi connectivity index (χ2n) is 5.43. The van der Waals surface area contributed by atoms with Crippen molar-refractivity contribution in [2.24, 2.45) is 5.92 Å². The van der Waals surface area contributed by atoms with E-state index in [0.29, 0.717) is 27.7 Å². The summed E-state index contributed by atoms with van der Waals surface area (Å²) in [6.45, 7) is 2.23. The summed E-state index contributed by atoms with van der Waals surface area (Å²) in [5, 5.41) is 4.32. The predicted molar refractivity (Wildman–Crippen MR) is 89.2 cm³/mol. The van der Waals surface area contributed by atoms with Crippen LogP contribution in [0.25, 0.3) is 0 Å². The molecule has 3 N–H and O–H groups in total. The number of thiocarbonyl (C=S) groups is 1. The highest BCUT2D eigenvalue weighted by atomic mass is 35.5. The summed E-state index contributed by atoms with van der Waals surface area (Å²) in [6.07, 6.45) is 4.85. The molecule has 6 heteroatoms. The van der Waals surface area contributed by atoms with E-state index >= 15 is 0 Å². The van der Waals surface area contributed by atoms with Gasteiger partial charge in [0.15, 0.2) is 5.11 Å². The van der Waals surface area contributed by atoms with Crippen molar-refractivity contribution in [2.45, 2.75) is 38.6 Å². The summed E-state index contributed by atoms with van der Waals surface area (Å²) in [6, 6.07) is 7.07. The zero-order chi connectivity index (χ0) is 15.2. The lowest BCUT2D eigenvalue weighted by Crippen LogP contribution is -2.51. The molecular weight excluding hydrogens is 306 g/mol. The van der Waals surface area contributed by atoms with Gasteiger partial charge in [0.1, 0.15) is 0 Å². The fourth-order valence-electron chi connectivity index (χ4n) is 2.52. The second kappa shape index (κ2) is 7.61. The molecule has 2 rings (SSSR count). The maximum absolute atomic E-state index is 11.9. The minimum absolute atomic E-state index is 0.243. The summed E-state index contributed by atoms with van der Waals surface area (Å²) in [5.74, 6) is 0.359. The number of rotatable bonds is 2. The predicted octanol–water partition coefficient (Wildman–Crippen LogP) is 3.03. The number of amides is 1. The minimum Gasteiger partial charge on any atom is -0.358 e. The molecule has 1 aliphatic carbocycles. The molecule has 0 bridgehead atoms. The molecule has 114 valence electrons. The van der Waals surface area contributed by atoms with Crippen LogP contribution in [0.1, 0.15) is 43.0 Å². The third-order valence-corrected chi connectivity index (χ3v) is 4.30. The highest BCUT2D eigenvalue weighted by molar-refractivity contribution is 7.80. The molecule has 1 saturated carbocycles. The van der Waals surface area contributed by atoms with E-state index in [1.807, 2.05) is 0 Å². The van der Waals surface area contributed by atoms with Gasteiger partial charge in [-0.3, -0.25) is 15.6 Å². The van der Waals surface area contributed by atoms with Crippen molar-refractivity contribution in [3.05, 3.63) is 34.9 Å². The molecule has 0 saturated heterocycles. The molecule has 2 atom stereocenters. The number of hydrogen-bond acceptors (Lipinski definition) is 2. The van der Waals surface area contributed by atoms with Gasteiger partial charge in [0.2, 0.25) is 0 Å². The number of hydrogen-bond donors (Lipinski definition) is 3. The molecule has 21 heavy (non-hydrogen) atoms. The van der Waals surface area contributed by atoms with Crippen molar-refractivity contribution < 1.29 is 4.79 Å². The van der Waals surface area contributed by atoms with Gasteiger partial charge in [-0.1, -0.05) is 31.4 Å². The van der Waals surface area contributed by atoms with E-state index in [0.717, 1.165) is 6.42 Å². The van der Waals surface area contributed by atoms with Crippen molar-refractivity contribution in [1.29, 1.82) is 0 Å². The Balaban J connectivity index is 1.78. The van der Waals surface area contributed by atoms with Crippen molar-refractivity contribution >= 4 is 34.8 Å². The van der Waals surface area contributed by atoms with Crippen LogP contribution in [0, 0.1) is 5.92 Å². The summed E-state index contributed by atoms with van der Waals surface area (Å²) in [7, 11) is 0. The summed E-state index contributed by atoms with van der Waals surface area (Å²) >= 11 is 11.0. The van der Waals surface area contributed by atoms with Crippen LogP contribution in [0.15, 0.2) is 24.3 Å². The van der Waals surface area contributed by atoms with Crippen molar-refractivity contribution in [3.63, 3.8) is 0 Å². The molecular formula is C15H20ClN3OS. The molecule has 1 fully saturated rings. The van der Waals surface area contributed by atoms with E-state index in [9.17, 15) is 4.79 Å². The standard InChI is InChI=1S/C15H20ClN3OS/c1-10-4-2-3-5-13(10)17-15(21)19-18-14(20)11-6-8-12(16)9-7-11/h6-10,13H,2-5H2,1H3,(H,18,20)(H2,17,19,21)/t10-,13+/m1/s1. The quantitative estimate of drug-likeness (QED) is 0.578. The van der Waals surface area contributed by atoms with Gasteiger partial charge in [-0.25, -0.2) is 0 Å². The lowest BCUT2D eigenvalue weighted by molar-refractivity contribution is 0.0943. The van der Waals surface area contributed by atoms with E-state index in [1.54, 1.807) is 24.3 Å². The number of carbonyl (C=O) groups is 1. The van der Waals surface area contributed by atoms with E-state index in [-0.39, 0.29) is 5.91 Å². The first-order chi connectivity index (χ1) is 10.1. The highest BCUT2D eigenvalue weighted by Gasteiger charge is 2.21. The Morgan fingerprint density at radius 2 is 1.86 bits per heavy atom. The first-order valence-electron chi connectivity index (χ1n) is 7.18. The molecule has 1 aromatic rings. The molecule has 0 spiro atoms. The number of halogens is 1. The fourth-order valence-corrected chi connectivity index (χ4v) is 2.85. The smallest absolute Gasteiger partial charge is 0.269 e. The van der Waals surface area contributed by atoms with Crippen LogP contribution in [-0.2, 0) is 0 Å². The van der Waals surface area contributed by atoms with Crippen LogP contribution in [-0.4, -0.2) is 17.1 Å². The number of benzene rings is 1. The second-order valence-corrected chi connectivity index (χ2v) is 6.27. The van der Waals surface area contributed by atoms with Crippen LogP contribution < -0.4 is 16.2 Å². The average Bonchev–Trinajstić information content (AvgIpc) is 2.48. The van der Waals surface area contributed by atoms with Crippen molar-refractivity contribution in [3.8, 4) is 0 Å². The Kier molecular flexibility index (Phi) is 5.82. The monoisotopic (exact) mass is 325 g/mol. The lowest BCUT2D eigenvalue weighted by Gasteiger charge is -2.30. The Morgan fingerprint density at radius 1 is 1.19 bits per heavy atom. The van der Waals surface area contributed by atoms with Crippen LogP contribution >= 0.6 is 23.8 Å². The van der Waals surface area contributed by atoms with E-state index in [1.165, 1.54) is 19.3 Å². The molecule has 0 radical (unpaired) electrons. The van der Waals surface area contributed by atoms with Gasteiger partial charge in [0, 0.05) is 16.6 Å². The molecule has 0 aromatic heterocycles. The summed E-state index contributed by atoms with van der Waals surface area (Å²) in [4.78, 5) is 11.9. The van der Waals surface area contributed by atoms with Gasteiger partial charge >= 0.3 is 0 Å². The molecule has 4 nitrogen and oxygen atoms in total. The Morgan fingerprint density at radius 3 is 2.52 bits per heavy atom. The third kappa shape index (κ3) is 4.86. The number of hydrazine groups is 1. The topological polar surface area (TPSA) is 53.2 Å². The van der Waals surface area contributed by atoms with Crippen LogP contribution in [0.4, 0.5) is 0 Å². The zero-order valence-corrected chi connectivity index (χ0v) is 13.6. The zero-order valence-electron chi connectivity index (χ0n) is 12.0. The maximum Gasteiger partial charge on any atom is 0.269 e. The Labute approximate surface area is 135 Å². The van der Waals surface area contributed by atoms with Gasteiger partial charge in [-0.05, 0) is 55.2 Å². The summed E-state index contributed by atoms with van der Waals surface area (Å²) in [5.41, 5.74) is 5.87. The van der Waals surface area contributed by atoms with Crippen LogP contribution in [0.3, 0.4) is 0 Å². The largest absolute Gasteiger partial charge is 0.358 e. The van der Waals surface area contributed by atoms with Crippen LogP contribution in [0.2, 0.25) is 5.02 Å². The van der Waals surface area contributed by atoms with E-state index in [4.69, 9.17) is 23.8 Å². The lowest BCUT2D eigenvalue weighted by atomic mass is 9.86. The molecule has 0 aliphatic heterocycles. The molecule has 0 heterocycles. The Hall–Kier alpha value is -1.33. The van der Waals surface area contributed by atoms with Gasteiger partial charge in [0.25, 0.3) is 5.91 Å². The van der Waals surface area contributed by atoms with Gasteiger partial charge in [-0.15, -0.1) is 0 Å². The fraction of sp³-hybridized carbons (Fsp3) is 0.467. The highest BCUT2D eigenvalue weighted by Crippen LogP contribution is 2.23. The SMILES string of the molecule is C[C@@H]1CCCC[C@@H]1NC(=S)NNC(=O)c1ccc(Cl)cc1. The first kappa shape index (κ1) is 16.0. The minimum atomic E-state index is -0.243. The van der Waals surface area contributed by atoms with Gasteiger partial charge in [0.05, 0.1) is 0 Å². The number of carbonyl (C=O) groups excluding carboxylic acids is 1. The van der Waals surface area contributed by atoms with Crippen molar-refractivity contribution in [2.75, 3.05) is 0 Å². The third-order valence-electron chi connectivity index (χ3n) is 3.82. The first-order valence-corrected chi connectivity index (χ1v) is 7.97. The molecule has 1 aliphatic rings. The van der Waals surface area contributed by atoms with E-state index in [2.05, 4.69) is 23.1 Å². The van der Waals surface area contributed by atoms with Crippen molar-refractivity contribution in [1.82, 2.24) is 16.2 Å². The number of nitrogens with one attached hydrogen (secondary N) is 3. The average molecular weight is 326 g/mol. The molecule has 1 aromatic carbocycles. The molecule has 1 amide bonds. The normalized spacial score (nSPS) is 21.4. The van der Waals surface area contributed by atoms with E-state index < -0.39 is 0 Å². The Bertz CT molecular complexity index is 506. The molecule has 0 unspecified atom stereocenters. The summed E-state index contributed by atoms with van der Waals surface area (Å²) < 4.78 is 0. The van der Waals surface area contributed by atoms with Crippen LogP contribution in [0.5, 0.6) is 0 Å².